The molecule has 0 atom stereocenters. The van der Waals surface area contributed by atoms with Gasteiger partial charge in [0.1, 0.15) is 17.0 Å². The van der Waals surface area contributed by atoms with Gasteiger partial charge in [-0.25, -0.2) is 9.97 Å². The van der Waals surface area contributed by atoms with E-state index in [0.29, 0.717) is 5.82 Å². The molecule has 5 nitrogen and oxygen atoms in total. The number of nitrogens with zero attached hydrogens (tertiary/aromatic N) is 4. The molecule has 4 aromatic heterocycles. The zero-order valence-corrected chi connectivity index (χ0v) is 34.5. The lowest BCUT2D eigenvalue weighted by atomic mass is 9.91. The highest BCUT2D eigenvalue weighted by Gasteiger charge is 2.28. The molecule has 0 saturated heterocycles. The standard InChI is InChI=1S/C58H40N4O/c1-4-18-37(19-5-1)46-34-40(54-57-55(45-27-13-17-31-53(45)63-57)60-58(59-54)39-22-8-3-9-23-39)35-47(38-20-6-2-7-21-38)56(46)62-51-30-16-12-26-44(51)48-36-41(32-33-52(48)62)61-49-28-14-10-24-42(49)43-25-11-15-29-50(43)61/h1-11,14-25,28-36H,12-13,26-27H2. The Kier molecular flexibility index (Phi) is 8.10. The van der Waals surface area contributed by atoms with Gasteiger partial charge in [-0.15, -0.1) is 0 Å². The van der Waals surface area contributed by atoms with Crippen LogP contribution in [0.25, 0.3) is 112 Å². The molecule has 63 heavy (non-hydrogen) atoms. The first-order chi connectivity index (χ1) is 31.3. The van der Waals surface area contributed by atoms with Gasteiger partial charge in [0.05, 0.1) is 22.2 Å². The number of hydrogen-bond acceptors (Lipinski definition) is 3. The molecule has 0 fully saturated rings. The number of aryl methyl sites for hydroxylation is 2. The summed E-state index contributed by atoms with van der Waals surface area (Å²) in [6, 6.07) is 61.2. The number of rotatable bonds is 6. The summed E-state index contributed by atoms with van der Waals surface area (Å²) in [7, 11) is 0. The Morgan fingerprint density at radius 3 is 1.70 bits per heavy atom. The third kappa shape index (κ3) is 5.63. The highest BCUT2D eigenvalue weighted by Crippen LogP contribution is 2.46. The molecule has 0 spiro atoms. The SMILES string of the molecule is C1=Cc2c(c3cc(-n4c5ccccc5c5ccccc54)ccc3n2-c2c(-c3ccccc3)cc(-c3nc(-c4ccccc4)nc4c5c(oc34)C=CCC5)cc2-c2ccccc2)CC1. The Hall–Kier alpha value is -8.02. The van der Waals surface area contributed by atoms with E-state index in [1.165, 1.54) is 44.0 Å². The molecule has 11 aromatic rings. The average molecular weight is 809 g/mol. The summed E-state index contributed by atoms with van der Waals surface area (Å²) < 4.78 is 11.7. The fourth-order valence-electron chi connectivity index (χ4n) is 10.2. The van der Waals surface area contributed by atoms with Crippen LogP contribution in [0.4, 0.5) is 0 Å². The van der Waals surface area contributed by atoms with Gasteiger partial charge in [0.2, 0.25) is 0 Å². The van der Waals surface area contributed by atoms with Crippen molar-refractivity contribution in [3.63, 3.8) is 0 Å². The first-order valence-corrected chi connectivity index (χ1v) is 21.9. The van der Waals surface area contributed by atoms with E-state index in [4.69, 9.17) is 14.4 Å². The van der Waals surface area contributed by atoms with Gasteiger partial charge < -0.3 is 13.6 Å². The molecule has 13 rings (SSSR count). The fraction of sp³-hybridized carbons (Fsp3) is 0.0690. The third-order valence-corrected chi connectivity index (χ3v) is 13.1. The molecule has 2 aliphatic rings. The van der Waals surface area contributed by atoms with Crippen molar-refractivity contribution in [2.45, 2.75) is 25.7 Å². The van der Waals surface area contributed by atoms with E-state index < -0.39 is 0 Å². The molecule has 4 heterocycles. The van der Waals surface area contributed by atoms with Crippen LogP contribution in [0.3, 0.4) is 0 Å². The second-order valence-electron chi connectivity index (χ2n) is 16.7. The largest absolute Gasteiger partial charge is 0.452 e. The van der Waals surface area contributed by atoms with Crippen molar-refractivity contribution in [2.75, 3.05) is 0 Å². The number of furan rings is 1. The monoisotopic (exact) mass is 808 g/mol. The highest BCUT2D eigenvalue weighted by atomic mass is 16.3. The molecule has 7 aromatic carbocycles. The molecule has 0 saturated carbocycles. The van der Waals surface area contributed by atoms with Crippen LogP contribution in [0, 0.1) is 0 Å². The summed E-state index contributed by atoms with van der Waals surface area (Å²) in [5.41, 5.74) is 18.5. The first kappa shape index (κ1) is 35.7. The van der Waals surface area contributed by atoms with E-state index in [0.717, 1.165) is 98.6 Å². The van der Waals surface area contributed by atoms with E-state index in [2.05, 4.69) is 185 Å². The molecule has 0 bridgehead atoms. The third-order valence-electron chi connectivity index (χ3n) is 13.1. The maximum absolute atomic E-state index is 6.76. The van der Waals surface area contributed by atoms with Crippen LogP contribution in [-0.2, 0) is 12.8 Å². The van der Waals surface area contributed by atoms with Gasteiger partial charge in [-0.05, 0) is 97.0 Å². The molecule has 0 aliphatic heterocycles. The van der Waals surface area contributed by atoms with Gasteiger partial charge in [-0.1, -0.05) is 140 Å². The summed E-state index contributed by atoms with van der Waals surface area (Å²) >= 11 is 0. The average Bonchev–Trinajstić information content (AvgIpc) is 4.02. The lowest BCUT2D eigenvalue weighted by Crippen LogP contribution is -2.05. The molecule has 298 valence electrons. The Morgan fingerprint density at radius 1 is 0.460 bits per heavy atom. The molecule has 5 heteroatoms. The minimum Gasteiger partial charge on any atom is -0.452 e. The summed E-state index contributed by atoms with van der Waals surface area (Å²) in [5, 5.41) is 3.80. The van der Waals surface area contributed by atoms with Crippen LogP contribution in [-0.4, -0.2) is 19.1 Å². The molecular formula is C58H40N4O. The maximum atomic E-state index is 6.76. The second-order valence-corrected chi connectivity index (χ2v) is 16.7. The van der Waals surface area contributed by atoms with Crippen molar-refractivity contribution in [1.82, 2.24) is 19.1 Å². The molecule has 0 N–H and O–H groups in total. The van der Waals surface area contributed by atoms with Gasteiger partial charge in [0.15, 0.2) is 11.4 Å². The van der Waals surface area contributed by atoms with Crippen LogP contribution in [0.1, 0.15) is 35.4 Å². The van der Waals surface area contributed by atoms with Crippen LogP contribution in [0.2, 0.25) is 0 Å². The quantitative estimate of drug-likeness (QED) is 0.168. The highest BCUT2D eigenvalue weighted by molar-refractivity contribution is 6.10. The van der Waals surface area contributed by atoms with E-state index in [1.807, 2.05) is 18.2 Å². The molecule has 0 amide bonds. The van der Waals surface area contributed by atoms with Crippen LogP contribution < -0.4 is 0 Å². The van der Waals surface area contributed by atoms with E-state index in [-0.39, 0.29) is 0 Å². The van der Waals surface area contributed by atoms with Gasteiger partial charge >= 0.3 is 0 Å². The molecular weight excluding hydrogens is 769 g/mol. The normalized spacial score (nSPS) is 13.3. The molecule has 0 unspecified atom stereocenters. The van der Waals surface area contributed by atoms with Crippen molar-refractivity contribution in [1.29, 1.82) is 0 Å². The zero-order valence-electron chi connectivity index (χ0n) is 34.5. The predicted molar refractivity (Wildman–Crippen MR) is 259 cm³/mol. The lowest BCUT2D eigenvalue weighted by molar-refractivity contribution is 0.595. The van der Waals surface area contributed by atoms with Crippen molar-refractivity contribution >= 4 is 56.0 Å². The number of para-hydroxylation sites is 2. The Balaban J connectivity index is 1.12. The lowest BCUT2D eigenvalue weighted by Gasteiger charge is -2.22. The topological polar surface area (TPSA) is 48.8 Å². The van der Waals surface area contributed by atoms with E-state index >= 15 is 0 Å². The summed E-state index contributed by atoms with van der Waals surface area (Å²) in [6.07, 6.45) is 12.8. The minimum atomic E-state index is 0.692. The van der Waals surface area contributed by atoms with Gasteiger partial charge in [0, 0.05) is 55.4 Å². The number of benzene rings is 7. The van der Waals surface area contributed by atoms with Crippen LogP contribution in [0.5, 0.6) is 0 Å². The molecule has 0 radical (unpaired) electrons. The zero-order chi connectivity index (χ0) is 41.4. The van der Waals surface area contributed by atoms with Crippen LogP contribution in [0.15, 0.2) is 186 Å². The van der Waals surface area contributed by atoms with E-state index in [9.17, 15) is 0 Å². The smallest absolute Gasteiger partial charge is 0.179 e. The number of aromatic nitrogens is 4. The maximum Gasteiger partial charge on any atom is 0.179 e. The summed E-state index contributed by atoms with van der Waals surface area (Å²) in [5.74, 6) is 1.57. The van der Waals surface area contributed by atoms with Gasteiger partial charge in [-0.2, -0.15) is 0 Å². The fourth-order valence-corrected chi connectivity index (χ4v) is 10.2. The minimum absolute atomic E-state index is 0.692. The number of allylic oxidation sites excluding steroid dienone is 2. The van der Waals surface area contributed by atoms with Crippen molar-refractivity contribution in [3.8, 4) is 56.3 Å². The Labute approximate surface area is 364 Å². The Morgan fingerprint density at radius 2 is 1.03 bits per heavy atom. The second kappa shape index (κ2) is 14.3. The van der Waals surface area contributed by atoms with Crippen molar-refractivity contribution in [2.24, 2.45) is 0 Å². The van der Waals surface area contributed by atoms with Gasteiger partial charge in [0.25, 0.3) is 0 Å². The first-order valence-electron chi connectivity index (χ1n) is 21.9. The van der Waals surface area contributed by atoms with Crippen molar-refractivity contribution in [3.05, 3.63) is 205 Å². The van der Waals surface area contributed by atoms with Crippen molar-refractivity contribution < 1.29 is 4.42 Å². The predicted octanol–water partition coefficient (Wildman–Crippen LogP) is 14.9. The summed E-state index contributed by atoms with van der Waals surface area (Å²) in [4.78, 5) is 10.6. The van der Waals surface area contributed by atoms with Gasteiger partial charge in [-0.3, -0.25) is 0 Å². The number of hydrogen-bond donors (Lipinski definition) is 0. The Bertz CT molecular complexity index is 3550. The van der Waals surface area contributed by atoms with Crippen LogP contribution >= 0.6 is 0 Å². The van der Waals surface area contributed by atoms with E-state index in [1.54, 1.807) is 0 Å². The molecule has 2 aliphatic carbocycles. The summed E-state index contributed by atoms with van der Waals surface area (Å²) in [6.45, 7) is 0. The number of fused-ring (bicyclic) bond motifs is 9.